The maximum absolute atomic E-state index is 12.1. The maximum atomic E-state index is 12.1. The summed E-state index contributed by atoms with van der Waals surface area (Å²) in [6, 6.07) is 14.5. The average molecular weight is 388 g/mol. The van der Waals surface area contributed by atoms with E-state index in [0.717, 1.165) is 30.9 Å². The van der Waals surface area contributed by atoms with Gasteiger partial charge in [0.2, 0.25) is 5.91 Å². The molecule has 0 aromatic heterocycles. The highest BCUT2D eigenvalue weighted by molar-refractivity contribution is 6.30. The molecule has 0 spiro atoms. The second-order valence-electron chi connectivity index (χ2n) is 6.22. The van der Waals surface area contributed by atoms with E-state index in [4.69, 9.17) is 11.6 Å². The molecule has 144 valence electrons. The van der Waals surface area contributed by atoms with Gasteiger partial charge in [0.05, 0.1) is 0 Å². The van der Waals surface area contributed by atoms with Crippen LogP contribution in [0.1, 0.15) is 36.2 Å². The topological polar surface area (TPSA) is 61.4 Å². The fourth-order valence-electron chi connectivity index (χ4n) is 2.67. The van der Waals surface area contributed by atoms with Gasteiger partial charge in [-0.05, 0) is 55.1 Å². The Balaban J connectivity index is 1.80. The molecule has 0 atom stereocenters. The van der Waals surface area contributed by atoms with Crippen molar-refractivity contribution < 1.29 is 9.59 Å². The molecule has 0 bridgehead atoms. The lowest BCUT2D eigenvalue weighted by Gasteiger charge is -2.18. The van der Waals surface area contributed by atoms with Crippen LogP contribution < -0.4 is 10.6 Å². The molecule has 2 rings (SSSR count). The summed E-state index contributed by atoms with van der Waals surface area (Å²) in [7, 11) is 0. The zero-order chi connectivity index (χ0) is 19.6. The lowest BCUT2D eigenvalue weighted by molar-refractivity contribution is -0.116. The molecule has 2 aromatic carbocycles. The van der Waals surface area contributed by atoms with Gasteiger partial charge in [0.15, 0.2) is 0 Å². The number of halogens is 1. The first-order chi connectivity index (χ1) is 13.0. The molecule has 0 unspecified atom stereocenters. The second-order valence-corrected chi connectivity index (χ2v) is 6.66. The lowest BCUT2D eigenvalue weighted by Crippen LogP contribution is -2.27. The molecule has 0 heterocycles. The number of amides is 2. The molecular weight excluding hydrogens is 362 g/mol. The third-order valence-electron chi connectivity index (χ3n) is 4.26. The van der Waals surface area contributed by atoms with Gasteiger partial charge >= 0.3 is 0 Å². The van der Waals surface area contributed by atoms with Crippen molar-refractivity contribution in [2.75, 3.05) is 25.0 Å². The van der Waals surface area contributed by atoms with Crippen molar-refractivity contribution >= 4 is 29.1 Å². The van der Waals surface area contributed by atoms with E-state index in [2.05, 4.69) is 35.4 Å². The molecule has 0 radical (unpaired) electrons. The maximum Gasteiger partial charge on any atom is 0.251 e. The molecule has 2 N–H and O–H groups in total. The smallest absolute Gasteiger partial charge is 0.251 e. The Morgan fingerprint density at radius 1 is 1.04 bits per heavy atom. The number of carbonyl (C=O) groups excluding carboxylic acids is 2. The fraction of sp³-hybridized carbons (Fsp3) is 0.333. The normalized spacial score (nSPS) is 10.7. The second kappa shape index (κ2) is 10.7. The van der Waals surface area contributed by atoms with E-state index in [1.54, 1.807) is 24.3 Å². The summed E-state index contributed by atoms with van der Waals surface area (Å²) < 4.78 is 0. The molecule has 0 saturated heterocycles. The van der Waals surface area contributed by atoms with Gasteiger partial charge in [0.25, 0.3) is 5.91 Å². The Kier molecular flexibility index (Phi) is 8.30. The van der Waals surface area contributed by atoms with Gasteiger partial charge in [-0.2, -0.15) is 0 Å². The summed E-state index contributed by atoms with van der Waals surface area (Å²) in [6.07, 6.45) is 0.208. The third kappa shape index (κ3) is 7.04. The van der Waals surface area contributed by atoms with Gasteiger partial charge in [0.1, 0.15) is 0 Å². The van der Waals surface area contributed by atoms with Crippen molar-refractivity contribution in [2.24, 2.45) is 0 Å². The summed E-state index contributed by atoms with van der Waals surface area (Å²) in [5.41, 5.74) is 2.45. The summed E-state index contributed by atoms with van der Waals surface area (Å²) >= 11 is 5.81. The van der Waals surface area contributed by atoms with E-state index < -0.39 is 0 Å². The van der Waals surface area contributed by atoms with E-state index >= 15 is 0 Å². The first-order valence-electron chi connectivity index (χ1n) is 9.16. The molecule has 0 aliphatic heterocycles. The summed E-state index contributed by atoms with van der Waals surface area (Å²) in [5.74, 6) is -0.355. The Morgan fingerprint density at radius 2 is 1.74 bits per heavy atom. The highest BCUT2D eigenvalue weighted by atomic mass is 35.5. The largest absolute Gasteiger partial charge is 0.352 e. The van der Waals surface area contributed by atoms with E-state index in [1.807, 2.05) is 18.2 Å². The molecule has 0 fully saturated rings. The van der Waals surface area contributed by atoms with Gasteiger partial charge < -0.3 is 10.6 Å². The lowest BCUT2D eigenvalue weighted by atomic mass is 10.2. The highest BCUT2D eigenvalue weighted by Gasteiger charge is 2.08. The van der Waals surface area contributed by atoms with Gasteiger partial charge in [-0.15, -0.1) is 0 Å². The molecule has 6 heteroatoms. The predicted octanol–water partition coefficient (Wildman–Crippen LogP) is 3.94. The number of rotatable bonds is 9. The predicted molar refractivity (Wildman–Crippen MR) is 110 cm³/mol. The summed E-state index contributed by atoms with van der Waals surface area (Å²) in [4.78, 5) is 26.5. The quantitative estimate of drug-likeness (QED) is 0.685. The highest BCUT2D eigenvalue weighted by Crippen LogP contribution is 2.13. The first kappa shape index (κ1) is 20.9. The molecule has 27 heavy (non-hydrogen) atoms. The molecule has 0 saturated carbocycles. The van der Waals surface area contributed by atoms with E-state index in [0.29, 0.717) is 10.6 Å². The molecule has 0 aliphatic carbocycles. The van der Waals surface area contributed by atoms with Crippen molar-refractivity contribution in [1.82, 2.24) is 10.2 Å². The van der Waals surface area contributed by atoms with Crippen LogP contribution in [0, 0.1) is 0 Å². The van der Waals surface area contributed by atoms with Crippen molar-refractivity contribution in [3.8, 4) is 0 Å². The van der Waals surface area contributed by atoms with Gasteiger partial charge in [0, 0.05) is 35.8 Å². The molecule has 2 aromatic rings. The van der Waals surface area contributed by atoms with Gasteiger partial charge in [-0.1, -0.05) is 37.6 Å². The molecule has 5 nitrogen and oxygen atoms in total. The Morgan fingerprint density at radius 3 is 2.41 bits per heavy atom. The van der Waals surface area contributed by atoms with Crippen LogP contribution in [0.4, 0.5) is 5.69 Å². The van der Waals surface area contributed by atoms with Crippen LogP contribution in [0.15, 0.2) is 48.5 Å². The molecule has 0 aliphatic rings. The van der Waals surface area contributed by atoms with Crippen LogP contribution in [0.5, 0.6) is 0 Å². The van der Waals surface area contributed by atoms with Gasteiger partial charge in [-0.25, -0.2) is 0 Å². The van der Waals surface area contributed by atoms with Crippen LogP contribution in [-0.4, -0.2) is 36.3 Å². The van der Waals surface area contributed by atoms with Crippen LogP contribution in [0.25, 0.3) is 0 Å². The Labute approximate surface area is 165 Å². The zero-order valence-electron chi connectivity index (χ0n) is 15.8. The van der Waals surface area contributed by atoms with Crippen LogP contribution >= 0.6 is 11.6 Å². The molecular formula is C21H26ClN3O2. The third-order valence-corrected chi connectivity index (χ3v) is 4.51. The number of hydrogen-bond donors (Lipinski definition) is 2. The minimum Gasteiger partial charge on any atom is -0.352 e. The van der Waals surface area contributed by atoms with Crippen LogP contribution in [-0.2, 0) is 11.3 Å². The van der Waals surface area contributed by atoms with Crippen LogP contribution in [0.2, 0.25) is 5.02 Å². The number of nitrogens with zero attached hydrogens (tertiary/aromatic N) is 1. The van der Waals surface area contributed by atoms with Crippen molar-refractivity contribution in [3.63, 3.8) is 0 Å². The summed E-state index contributed by atoms with van der Waals surface area (Å²) in [6.45, 7) is 7.36. The SMILES string of the molecule is CCN(CC)Cc1cccc(NC(=O)CCNC(=O)c2ccc(Cl)cc2)c1. The minimum absolute atomic E-state index is 0.133. The average Bonchev–Trinajstić information content (AvgIpc) is 2.66. The van der Waals surface area contributed by atoms with E-state index in [-0.39, 0.29) is 24.8 Å². The van der Waals surface area contributed by atoms with E-state index in [9.17, 15) is 9.59 Å². The van der Waals surface area contributed by atoms with Gasteiger partial charge in [-0.3, -0.25) is 14.5 Å². The minimum atomic E-state index is -0.222. The fourth-order valence-corrected chi connectivity index (χ4v) is 2.80. The number of benzene rings is 2. The van der Waals surface area contributed by atoms with Crippen LogP contribution in [0.3, 0.4) is 0 Å². The first-order valence-corrected chi connectivity index (χ1v) is 9.54. The molecule has 2 amide bonds. The Hall–Kier alpha value is -2.37. The Bertz CT molecular complexity index is 758. The van der Waals surface area contributed by atoms with E-state index in [1.165, 1.54) is 0 Å². The van der Waals surface area contributed by atoms with Crippen molar-refractivity contribution in [3.05, 3.63) is 64.7 Å². The van der Waals surface area contributed by atoms with Crippen molar-refractivity contribution in [1.29, 1.82) is 0 Å². The zero-order valence-corrected chi connectivity index (χ0v) is 16.6. The standard InChI is InChI=1S/C21H26ClN3O2/c1-3-25(4-2)15-16-6-5-7-19(14-16)24-20(26)12-13-23-21(27)17-8-10-18(22)11-9-17/h5-11,14H,3-4,12-13,15H2,1-2H3,(H,23,27)(H,24,26). The number of carbonyl (C=O) groups is 2. The summed E-state index contributed by atoms with van der Waals surface area (Å²) in [5, 5.41) is 6.20. The van der Waals surface area contributed by atoms with Crippen molar-refractivity contribution in [2.45, 2.75) is 26.8 Å². The number of anilines is 1. The number of nitrogens with one attached hydrogen (secondary N) is 2. The monoisotopic (exact) mass is 387 g/mol. The number of hydrogen-bond acceptors (Lipinski definition) is 3.